The third kappa shape index (κ3) is 2.87. The molecule has 0 unspecified atom stereocenters. The Kier molecular flexibility index (Phi) is 3.45. The van der Waals surface area contributed by atoms with Crippen LogP contribution in [0.1, 0.15) is 5.56 Å². The number of benzene rings is 1. The van der Waals surface area contributed by atoms with Crippen LogP contribution in [0, 0.1) is 0 Å². The minimum Gasteiger partial charge on any atom is -0.513 e. The number of halogens is 1. The second-order valence-corrected chi connectivity index (χ2v) is 3.53. The normalized spacial score (nSPS) is 11.5. The number of allylic oxidation sites excluding steroid dienone is 1. The van der Waals surface area contributed by atoms with Crippen molar-refractivity contribution >= 4 is 0 Å². The van der Waals surface area contributed by atoms with E-state index in [1.54, 1.807) is 12.4 Å². The van der Waals surface area contributed by atoms with Crippen LogP contribution in [-0.4, -0.2) is 15.1 Å². The molecule has 0 bridgehead atoms. The van der Waals surface area contributed by atoms with Gasteiger partial charge in [0.05, 0.1) is 0 Å². The molecule has 0 saturated carbocycles. The lowest BCUT2D eigenvalue weighted by molar-refractivity contribution is 0.435. The van der Waals surface area contributed by atoms with Crippen LogP contribution in [-0.2, 0) is 6.42 Å². The maximum Gasteiger partial charge on any atom is 0.159 e. The van der Waals surface area contributed by atoms with Crippen LogP contribution in [0.2, 0.25) is 0 Å². The highest BCUT2D eigenvalue weighted by Gasteiger charge is 2.02. The minimum absolute atomic E-state index is 0.00553. The van der Waals surface area contributed by atoms with Crippen molar-refractivity contribution in [3.05, 3.63) is 60.4 Å². The van der Waals surface area contributed by atoms with Gasteiger partial charge in [-0.25, -0.2) is 14.4 Å². The molecule has 1 N–H and O–H groups in total. The molecule has 2 rings (SSSR count). The van der Waals surface area contributed by atoms with Gasteiger partial charge in [-0.1, -0.05) is 30.3 Å². The van der Waals surface area contributed by atoms with Crippen LogP contribution >= 0.6 is 0 Å². The van der Waals surface area contributed by atoms with Crippen molar-refractivity contribution in [3.63, 3.8) is 0 Å². The Morgan fingerprint density at radius 1 is 1.18 bits per heavy atom. The van der Waals surface area contributed by atoms with Crippen LogP contribution in [0.3, 0.4) is 0 Å². The maximum absolute atomic E-state index is 12.8. The van der Waals surface area contributed by atoms with Gasteiger partial charge in [0.25, 0.3) is 0 Å². The number of aliphatic hydroxyl groups is 1. The quantitative estimate of drug-likeness (QED) is 0.824. The second kappa shape index (κ2) is 5.21. The van der Waals surface area contributed by atoms with Gasteiger partial charge in [0.15, 0.2) is 5.82 Å². The SMILES string of the molecule is O/C=C(\F)Cc1cnc(-c2ccccc2)nc1. The van der Waals surface area contributed by atoms with Gasteiger partial charge in [-0.05, 0) is 5.56 Å². The largest absolute Gasteiger partial charge is 0.513 e. The fourth-order valence-corrected chi connectivity index (χ4v) is 1.42. The Balaban J connectivity index is 2.19. The summed E-state index contributed by atoms with van der Waals surface area (Å²) >= 11 is 0. The third-order valence-electron chi connectivity index (χ3n) is 2.25. The van der Waals surface area contributed by atoms with Gasteiger partial charge in [0, 0.05) is 24.4 Å². The zero-order valence-corrected chi connectivity index (χ0v) is 9.05. The molecule has 1 heterocycles. The molecule has 4 heteroatoms. The summed E-state index contributed by atoms with van der Waals surface area (Å²) in [5.74, 6) is -0.0104. The van der Waals surface area contributed by atoms with Gasteiger partial charge >= 0.3 is 0 Å². The molecule has 3 nitrogen and oxygen atoms in total. The van der Waals surface area contributed by atoms with Gasteiger partial charge in [0.2, 0.25) is 0 Å². The fourth-order valence-electron chi connectivity index (χ4n) is 1.42. The molecular formula is C13H11FN2O. The topological polar surface area (TPSA) is 46.0 Å². The lowest BCUT2D eigenvalue weighted by atomic mass is 10.2. The van der Waals surface area contributed by atoms with Crippen molar-refractivity contribution in [1.29, 1.82) is 0 Å². The second-order valence-electron chi connectivity index (χ2n) is 3.53. The van der Waals surface area contributed by atoms with E-state index in [4.69, 9.17) is 5.11 Å². The fraction of sp³-hybridized carbons (Fsp3) is 0.0769. The van der Waals surface area contributed by atoms with E-state index in [0.717, 1.165) is 5.56 Å². The number of nitrogens with zero attached hydrogens (tertiary/aromatic N) is 2. The molecular weight excluding hydrogens is 219 g/mol. The summed E-state index contributed by atoms with van der Waals surface area (Å²) in [6, 6.07) is 9.53. The molecule has 0 aliphatic rings. The van der Waals surface area contributed by atoms with Crippen LogP contribution in [0.15, 0.2) is 54.8 Å². The van der Waals surface area contributed by atoms with Gasteiger partial charge in [-0.15, -0.1) is 0 Å². The van der Waals surface area contributed by atoms with Crippen LogP contribution in [0.5, 0.6) is 0 Å². The van der Waals surface area contributed by atoms with Gasteiger partial charge < -0.3 is 5.11 Å². The zero-order valence-electron chi connectivity index (χ0n) is 9.05. The summed E-state index contributed by atoms with van der Waals surface area (Å²) in [4.78, 5) is 8.30. The molecule has 0 fully saturated rings. The maximum atomic E-state index is 12.8. The molecule has 0 spiro atoms. The van der Waals surface area contributed by atoms with Crippen LogP contribution in [0.25, 0.3) is 11.4 Å². The smallest absolute Gasteiger partial charge is 0.159 e. The Labute approximate surface area is 98.3 Å². The summed E-state index contributed by atoms with van der Waals surface area (Å²) in [5.41, 5.74) is 1.53. The van der Waals surface area contributed by atoms with E-state index in [1.807, 2.05) is 30.3 Å². The third-order valence-corrected chi connectivity index (χ3v) is 2.25. The molecule has 1 aromatic carbocycles. The first-order valence-electron chi connectivity index (χ1n) is 5.14. The number of aliphatic hydroxyl groups excluding tert-OH is 1. The number of rotatable bonds is 3. The summed E-state index contributed by atoms with van der Waals surface area (Å²) in [7, 11) is 0. The van der Waals surface area contributed by atoms with Crippen LogP contribution in [0.4, 0.5) is 4.39 Å². The predicted octanol–water partition coefficient (Wildman–Crippen LogP) is 3.06. The van der Waals surface area contributed by atoms with E-state index in [1.165, 1.54) is 0 Å². The van der Waals surface area contributed by atoms with Gasteiger partial charge in [-0.3, -0.25) is 0 Å². The average molecular weight is 230 g/mol. The minimum atomic E-state index is -0.610. The number of hydrogen-bond donors (Lipinski definition) is 1. The lowest BCUT2D eigenvalue weighted by Crippen LogP contribution is -1.93. The molecule has 1 aromatic heterocycles. The monoisotopic (exact) mass is 230 g/mol. The van der Waals surface area contributed by atoms with Crippen molar-refractivity contribution in [2.45, 2.75) is 6.42 Å². The summed E-state index contributed by atoms with van der Waals surface area (Å²) in [6.45, 7) is 0. The Bertz CT molecular complexity index is 509. The molecule has 0 amide bonds. The van der Waals surface area contributed by atoms with E-state index in [0.29, 0.717) is 17.6 Å². The van der Waals surface area contributed by atoms with E-state index < -0.39 is 5.83 Å². The predicted molar refractivity (Wildman–Crippen MR) is 63.0 cm³/mol. The number of hydrogen-bond acceptors (Lipinski definition) is 3. The van der Waals surface area contributed by atoms with Crippen molar-refractivity contribution in [2.24, 2.45) is 0 Å². The Morgan fingerprint density at radius 3 is 2.41 bits per heavy atom. The highest BCUT2D eigenvalue weighted by molar-refractivity contribution is 5.53. The average Bonchev–Trinajstić information content (AvgIpc) is 2.40. The number of aromatic nitrogens is 2. The highest BCUT2D eigenvalue weighted by atomic mass is 19.1. The first-order valence-corrected chi connectivity index (χ1v) is 5.14. The molecule has 17 heavy (non-hydrogen) atoms. The van der Waals surface area contributed by atoms with Gasteiger partial charge in [-0.2, -0.15) is 0 Å². The Hall–Kier alpha value is -2.23. The molecule has 0 radical (unpaired) electrons. The Morgan fingerprint density at radius 2 is 1.82 bits per heavy atom. The summed E-state index contributed by atoms with van der Waals surface area (Å²) in [5, 5.41) is 8.45. The molecule has 0 saturated heterocycles. The van der Waals surface area contributed by atoms with E-state index in [9.17, 15) is 4.39 Å². The molecule has 0 aliphatic heterocycles. The zero-order chi connectivity index (χ0) is 12.1. The first kappa shape index (κ1) is 11.3. The van der Waals surface area contributed by atoms with Crippen molar-refractivity contribution < 1.29 is 9.50 Å². The van der Waals surface area contributed by atoms with Gasteiger partial charge in [0.1, 0.15) is 12.1 Å². The standard InChI is InChI=1S/C13H11FN2O/c14-12(9-17)6-10-7-15-13(16-8-10)11-4-2-1-3-5-11/h1-5,7-9,17H,6H2/b12-9-. The lowest BCUT2D eigenvalue weighted by Gasteiger charge is -2.01. The van der Waals surface area contributed by atoms with E-state index >= 15 is 0 Å². The van der Waals surface area contributed by atoms with Crippen molar-refractivity contribution in [3.8, 4) is 11.4 Å². The van der Waals surface area contributed by atoms with Crippen molar-refractivity contribution in [2.75, 3.05) is 0 Å². The van der Waals surface area contributed by atoms with E-state index in [-0.39, 0.29) is 6.42 Å². The van der Waals surface area contributed by atoms with Crippen LogP contribution < -0.4 is 0 Å². The highest BCUT2D eigenvalue weighted by Crippen LogP contribution is 2.14. The molecule has 2 aromatic rings. The molecule has 86 valence electrons. The summed E-state index contributed by atoms with van der Waals surface area (Å²) in [6.07, 6.45) is 3.56. The molecule has 0 atom stereocenters. The molecule has 0 aliphatic carbocycles. The first-order chi connectivity index (χ1) is 8.29. The van der Waals surface area contributed by atoms with E-state index in [2.05, 4.69) is 9.97 Å². The summed E-state index contributed by atoms with van der Waals surface area (Å²) < 4.78 is 12.8. The van der Waals surface area contributed by atoms with Crippen molar-refractivity contribution in [1.82, 2.24) is 9.97 Å².